The fourth-order valence-electron chi connectivity index (χ4n) is 2.09. The van der Waals surface area contributed by atoms with Crippen molar-refractivity contribution in [2.24, 2.45) is 0 Å². The Labute approximate surface area is 113 Å². The van der Waals surface area contributed by atoms with E-state index in [1.165, 1.54) is 18.5 Å². The molecule has 0 aliphatic heterocycles. The Morgan fingerprint density at radius 3 is 2.85 bits per heavy atom. The lowest BCUT2D eigenvalue weighted by Crippen LogP contribution is -2.23. The molecule has 20 heavy (non-hydrogen) atoms. The van der Waals surface area contributed by atoms with Crippen LogP contribution >= 0.6 is 0 Å². The summed E-state index contributed by atoms with van der Waals surface area (Å²) >= 11 is 0. The smallest absolute Gasteiger partial charge is 0.274 e. The van der Waals surface area contributed by atoms with Crippen LogP contribution in [0, 0.1) is 15.3 Å². The molecule has 2 heterocycles. The molecule has 0 saturated heterocycles. The van der Waals surface area contributed by atoms with E-state index in [0.717, 1.165) is 5.69 Å². The lowest BCUT2D eigenvalue weighted by molar-refractivity contribution is -0.578. The third-order valence-electron chi connectivity index (χ3n) is 3.02. The molecule has 0 aliphatic carbocycles. The number of hydrogen-bond acceptors (Lipinski definition) is 4. The van der Waals surface area contributed by atoms with Crippen molar-refractivity contribution in [3.63, 3.8) is 0 Å². The average Bonchev–Trinajstić information content (AvgIpc) is 2.76. The van der Waals surface area contributed by atoms with Gasteiger partial charge in [0, 0.05) is 12.3 Å². The summed E-state index contributed by atoms with van der Waals surface area (Å²) in [6.07, 6.45) is 3.04. The SMILES string of the molecule is O=[N+]([O-])c1ccc2c(c1)[n+]([O-])cn2Cc1ccccn1. The van der Waals surface area contributed by atoms with Gasteiger partial charge < -0.3 is 5.21 Å². The molecule has 0 amide bonds. The summed E-state index contributed by atoms with van der Waals surface area (Å²) in [5.41, 5.74) is 1.62. The Bertz CT molecular complexity index is 783. The Balaban J connectivity index is 2.07. The molecule has 0 radical (unpaired) electrons. The van der Waals surface area contributed by atoms with Crippen LogP contribution in [-0.4, -0.2) is 14.5 Å². The molecule has 2 aromatic heterocycles. The third-order valence-corrected chi connectivity index (χ3v) is 3.02. The van der Waals surface area contributed by atoms with Gasteiger partial charge in [-0.15, -0.1) is 0 Å². The van der Waals surface area contributed by atoms with Crippen molar-refractivity contribution in [2.75, 3.05) is 0 Å². The molecule has 0 bridgehead atoms. The first kappa shape index (κ1) is 12.1. The van der Waals surface area contributed by atoms with Crippen molar-refractivity contribution < 1.29 is 9.65 Å². The number of aromatic nitrogens is 3. The minimum Gasteiger partial charge on any atom is -0.710 e. The summed E-state index contributed by atoms with van der Waals surface area (Å²) in [6, 6.07) is 9.77. The summed E-state index contributed by atoms with van der Waals surface area (Å²) in [5.74, 6) is 0. The standard InChI is InChI=1S/C13H10N4O3/c18-16-9-15(8-10-3-1-2-6-14-10)12-5-4-11(17(19)20)7-13(12)16/h1-7,9H,8H2. The zero-order valence-corrected chi connectivity index (χ0v) is 10.3. The van der Waals surface area contributed by atoms with Crippen molar-refractivity contribution in [3.05, 3.63) is 69.9 Å². The van der Waals surface area contributed by atoms with Crippen LogP contribution in [0.4, 0.5) is 5.69 Å². The van der Waals surface area contributed by atoms with Crippen LogP contribution < -0.4 is 4.73 Å². The van der Waals surface area contributed by atoms with Gasteiger partial charge in [0.2, 0.25) is 6.33 Å². The van der Waals surface area contributed by atoms with Crippen molar-refractivity contribution in [3.8, 4) is 0 Å². The first-order valence-electron chi connectivity index (χ1n) is 5.91. The summed E-state index contributed by atoms with van der Waals surface area (Å²) in [6.45, 7) is 0.435. The highest BCUT2D eigenvalue weighted by atomic mass is 16.6. The minimum atomic E-state index is -0.518. The number of nitro benzene ring substituents is 1. The maximum absolute atomic E-state index is 11.8. The predicted octanol–water partition coefficient (Wildman–Crippen LogP) is 1.63. The maximum Gasteiger partial charge on any atom is 0.274 e. The monoisotopic (exact) mass is 270 g/mol. The summed E-state index contributed by atoms with van der Waals surface area (Å²) in [7, 11) is 0. The molecule has 0 saturated carbocycles. The van der Waals surface area contributed by atoms with E-state index in [1.807, 2.05) is 18.2 Å². The molecule has 7 heteroatoms. The van der Waals surface area contributed by atoms with Crippen LogP contribution in [0.3, 0.4) is 0 Å². The second-order valence-corrected chi connectivity index (χ2v) is 4.32. The molecule has 0 unspecified atom stereocenters. The van der Waals surface area contributed by atoms with Gasteiger partial charge in [-0.3, -0.25) is 15.1 Å². The van der Waals surface area contributed by atoms with Crippen LogP contribution in [0.5, 0.6) is 0 Å². The number of rotatable bonds is 3. The molecule has 3 rings (SSSR count). The van der Waals surface area contributed by atoms with Crippen molar-refractivity contribution in [2.45, 2.75) is 6.54 Å². The molecule has 0 fully saturated rings. The molecule has 7 nitrogen and oxygen atoms in total. The van der Waals surface area contributed by atoms with Gasteiger partial charge in [-0.2, -0.15) is 0 Å². The lowest BCUT2D eigenvalue weighted by atomic mass is 10.2. The maximum atomic E-state index is 11.8. The quantitative estimate of drug-likeness (QED) is 0.313. The second-order valence-electron chi connectivity index (χ2n) is 4.32. The van der Waals surface area contributed by atoms with E-state index in [4.69, 9.17) is 0 Å². The van der Waals surface area contributed by atoms with Crippen LogP contribution in [0.1, 0.15) is 5.69 Å². The number of non-ortho nitro benzene ring substituents is 1. The molecule has 0 spiro atoms. The molecule has 100 valence electrons. The number of imidazole rings is 1. The van der Waals surface area contributed by atoms with Gasteiger partial charge in [0.1, 0.15) is 6.54 Å². The minimum absolute atomic E-state index is 0.0994. The highest BCUT2D eigenvalue weighted by Crippen LogP contribution is 2.19. The highest BCUT2D eigenvalue weighted by Gasteiger charge is 2.16. The van der Waals surface area contributed by atoms with Crippen LogP contribution in [0.15, 0.2) is 48.9 Å². The summed E-state index contributed by atoms with van der Waals surface area (Å²) in [4.78, 5) is 14.4. The largest absolute Gasteiger partial charge is 0.710 e. The average molecular weight is 270 g/mol. The Morgan fingerprint density at radius 1 is 1.30 bits per heavy atom. The third kappa shape index (κ3) is 2.05. The number of pyridine rings is 1. The van der Waals surface area contributed by atoms with E-state index in [0.29, 0.717) is 16.8 Å². The van der Waals surface area contributed by atoms with Crippen LogP contribution in [-0.2, 0) is 6.54 Å². The lowest BCUT2D eigenvalue weighted by Gasteiger charge is -1.97. The zero-order valence-electron chi connectivity index (χ0n) is 10.3. The van der Waals surface area contributed by atoms with Crippen molar-refractivity contribution in [1.82, 2.24) is 9.55 Å². The second kappa shape index (κ2) is 4.61. The van der Waals surface area contributed by atoms with Gasteiger partial charge in [0.05, 0.1) is 16.7 Å². The molecule has 0 N–H and O–H groups in total. The van der Waals surface area contributed by atoms with Gasteiger partial charge in [-0.1, -0.05) is 6.07 Å². The first-order valence-corrected chi connectivity index (χ1v) is 5.91. The number of benzene rings is 1. The molecule has 1 aromatic carbocycles. The van der Waals surface area contributed by atoms with Gasteiger partial charge in [0.25, 0.3) is 5.69 Å². The first-order chi connectivity index (χ1) is 9.65. The fraction of sp³-hybridized carbons (Fsp3) is 0.0769. The molecule has 0 atom stereocenters. The van der Waals surface area contributed by atoms with Gasteiger partial charge in [-0.05, 0) is 18.2 Å². The van der Waals surface area contributed by atoms with Crippen molar-refractivity contribution in [1.29, 1.82) is 0 Å². The number of nitro groups is 1. The highest BCUT2D eigenvalue weighted by molar-refractivity contribution is 5.75. The van der Waals surface area contributed by atoms with Gasteiger partial charge >= 0.3 is 0 Å². The fourth-order valence-corrected chi connectivity index (χ4v) is 2.09. The van der Waals surface area contributed by atoms with E-state index in [2.05, 4.69) is 4.98 Å². The normalized spacial score (nSPS) is 10.8. The summed E-state index contributed by atoms with van der Waals surface area (Å²) in [5, 5.41) is 22.5. The number of hydrogen-bond donors (Lipinski definition) is 0. The molecular weight excluding hydrogens is 260 g/mol. The Morgan fingerprint density at radius 2 is 2.15 bits per heavy atom. The van der Waals surface area contributed by atoms with E-state index in [9.17, 15) is 15.3 Å². The molecule has 3 aromatic rings. The number of fused-ring (bicyclic) bond motifs is 1. The van der Waals surface area contributed by atoms with E-state index in [1.54, 1.807) is 16.8 Å². The van der Waals surface area contributed by atoms with Crippen molar-refractivity contribution >= 4 is 16.7 Å². The topological polar surface area (TPSA) is 87.9 Å². The van der Waals surface area contributed by atoms with Gasteiger partial charge in [0.15, 0.2) is 11.0 Å². The van der Waals surface area contributed by atoms with Crippen LogP contribution in [0.25, 0.3) is 11.0 Å². The van der Waals surface area contributed by atoms with E-state index in [-0.39, 0.29) is 11.2 Å². The van der Waals surface area contributed by atoms with Crippen LogP contribution in [0.2, 0.25) is 0 Å². The Kier molecular flexibility index (Phi) is 2.79. The van der Waals surface area contributed by atoms with E-state index < -0.39 is 4.92 Å². The van der Waals surface area contributed by atoms with E-state index >= 15 is 0 Å². The number of nitrogens with zero attached hydrogens (tertiary/aromatic N) is 4. The predicted molar refractivity (Wildman–Crippen MR) is 70.9 cm³/mol. The Hall–Kier alpha value is -2.96. The molecule has 0 aliphatic rings. The van der Waals surface area contributed by atoms with Gasteiger partial charge in [-0.25, -0.2) is 9.30 Å². The zero-order chi connectivity index (χ0) is 14.1. The molecular formula is C13H10N4O3. The summed E-state index contributed by atoms with van der Waals surface area (Å²) < 4.78 is 2.35.